The van der Waals surface area contributed by atoms with E-state index in [4.69, 9.17) is 4.84 Å². The maximum absolute atomic E-state index is 5.79. The Labute approximate surface area is 125 Å². The molecule has 0 bridgehead atoms. The molecule has 3 heteroatoms. The van der Waals surface area contributed by atoms with Crippen LogP contribution in [0.5, 0.6) is 0 Å². The lowest BCUT2D eigenvalue weighted by molar-refractivity contribution is 0.0673. The molecule has 0 radical (unpaired) electrons. The highest BCUT2D eigenvalue weighted by Crippen LogP contribution is 2.15. The number of benzene rings is 2. The fourth-order valence-electron chi connectivity index (χ4n) is 2.57. The molecule has 1 atom stereocenters. The lowest BCUT2D eigenvalue weighted by atomic mass is 10.0. The maximum Gasteiger partial charge on any atom is 0.141 e. The Kier molecular flexibility index (Phi) is 4.31. The molecule has 0 saturated carbocycles. The molecule has 1 aliphatic rings. The molecule has 0 amide bonds. The zero-order chi connectivity index (χ0) is 14.5. The minimum Gasteiger partial charge on any atom is -0.391 e. The van der Waals surface area contributed by atoms with Gasteiger partial charge in [-0.25, -0.2) is 0 Å². The maximum atomic E-state index is 5.79. The van der Waals surface area contributed by atoms with Crippen LogP contribution in [-0.2, 0) is 4.84 Å². The van der Waals surface area contributed by atoms with E-state index in [1.54, 1.807) is 0 Å². The second-order valence-corrected chi connectivity index (χ2v) is 5.45. The van der Waals surface area contributed by atoms with Crippen LogP contribution in [0.3, 0.4) is 0 Å². The summed E-state index contributed by atoms with van der Waals surface area (Å²) in [6.07, 6.45) is 1.23. The van der Waals surface area contributed by atoms with Gasteiger partial charge in [-0.05, 0) is 7.05 Å². The molecule has 21 heavy (non-hydrogen) atoms. The van der Waals surface area contributed by atoms with Gasteiger partial charge in [0.2, 0.25) is 0 Å². The Morgan fingerprint density at radius 2 is 1.57 bits per heavy atom. The SMILES string of the molecule is CN1CC[C@@H](ON=C(c2ccccc2)c2ccccc2)C1. The summed E-state index contributed by atoms with van der Waals surface area (Å²) in [5, 5.41) is 4.47. The van der Waals surface area contributed by atoms with E-state index in [0.717, 1.165) is 36.3 Å². The van der Waals surface area contributed by atoms with E-state index in [-0.39, 0.29) is 6.10 Å². The number of nitrogens with zero attached hydrogens (tertiary/aromatic N) is 2. The third kappa shape index (κ3) is 3.50. The molecule has 2 aromatic carbocycles. The van der Waals surface area contributed by atoms with Gasteiger partial charge in [-0.3, -0.25) is 0 Å². The predicted octanol–water partition coefficient (Wildman–Crippen LogP) is 3.16. The van der Waals surface area contributed by atoms with Crippen molar-refractivity contribution in [2.45, 2.75) is 12.5 Å². The zero-order valence-electron chi connectivity index (χ0n) is 12.3. The molecule has 108 valence electrons. The van der Waals surface area contributed by atoms with Crippen molar-refractivity contribution in [3.63, 3.8) is 0 Å². The largest absolute Gasteiger partial charge is 0.391 e. The molecular weight excluding hydrogens is 260 g/mol. The van der Waals surface area contributed by atoms with Gasteiger partial charge in [0.25, 0.3) is 0 Å². The molecular formula is C18H20N2O. The zero-order valence-corrected chi connectivity index (χ0v) is 12.3. The number of likely N-dealkylation sites (tertiary alicyclic amines) is 1. The average Bonchev–Trinajstić information content (AvgIpc) is 2.95. The van der Waals surface area contributed by atoms with Crippen molar-refractivity contribution in [3.8, 4) is 0 Å². The number of hydrogen-bond donors (Lipinski definition) is 0. The van der Waals surface area contributed by atoms with Crippen molar-refractivity contribution in [1.29, 1.82) is 0 Å². The van der Waals surface area contributed by atoms with E-state index in [9.17, 15) is 0 Å². The molecule has 2 aromatic rings. The van der Waals surface area contributed by atoms with E-state index in [2.05, 4.69) is 41.4 Å². The van der Waals surface area contributed by atoms with Gasteiger partial charge in [-0.1, -0.05) is 65.8 Å². The second-order valence-electron chi connectivity index (χ2n) is 5.45. The van der Waals surface area contributed by atoms with Gasteiger partial charge in [0.05, 0.1) is 0 Å². The summed E-state index contributed by atoms with van der Waals surface area (Å²) in [6.45, 7) is 2.02. The smallest absolute Gasteiger partial charge is 0.141 e. The van der Waals surface area contributed by atoms with Gasteiger partial charge < -0.3 is 9.74 Å². The van der Waals surface area contributed by atoms with Gasteiger partial charge in [0.1, 0.15) is 11.8 Å². The number of hydrogen-bond acceptors (Lipinski definition) is 3. The highest BCUT2D eigenvalue weighted by molar-refractivity contribution is 6.12. The first-order chi connectivity index (χ1) is 10.3. The summed E-state index contributed by atoms with van der Waals surface area (Å²) >= 11 is 0. The third-order valence-corrected chi connectivity index (χ3v) is 3.74. The quantitative estimate of drug-likeness (QED) is 0.635. The molecule has 0 N–H and O–H groups in total. The lowest BCUT2D eigenvalue weighted by Crippen LogP contribution is -2.18. The summed E-state index contributed by atoms with van der Waals surface area (Å²) < 4.78 is 0. The van der Waals surface area contributed by atoms with Crippen molar-refractivity contribution >= 4 is 5.71 Å². The van der Waals surface area contributed by atoms with Crippen LogP contribution >= 0.6 is 0 Å². The molecule has 3 rings (SSSR count). The van der Waals surface area contributed by atoms with Crippen LogP contribution in [0.15, 0.2) is 65.8 Å². The standard InChI is InChI=1S/C18H20N2O/c1-20-13-12-17(14-20)21-19-18(15-8-4-2-5-9-15)16-10-6-3-7-11-16/h2-11,17H,12-14H2,1H3/t17-/m1/s1. The summed E-state index contributed by atoms with van der Waals surface area (Å²) in [5.41, 5.74) is 3.05. The van der Waals surface area contributed by atoms with Crippen LogP contribution in [0, 0.1) is 0 Å². The molecule has 0 aliphatic carbocycles. The molecule has 3 nitrogen and oxygen atoms in total. The van der Waals surface area contributed by atoms with Crippen LogP contribution in [0.25, 0.3) is 0 Å². The molecule has 0 spiro atoms. The van der Waals surface area contributed by atoms with Crippen LogP contribution in [-0.4, -0.2) is 36.9 Å². The Bertz CT molecular complexity index is 554. The molecule has 0 unspecified atom stereocenters. The fourth-order valence-corrected chi connectivity index (χ4v) is 2.57. The fraction of sp³-hybridized carbons (Fsp3) is 0.278. The van der Waals surface area contributed by atoms with Gasteiger partial charge >= 0.3 is 0 Å². The number of oxime groups is 1. The molecule has 1 aliphatic heterocycles. The highest BCUT2D eigenvalue weighted by atomic mass is 16.6. The molecule has 1 saturated heterocycles. The van der Waals surface area contributed by atoms with Crippen molar-refractivity contribution in [2.24, 2.45) is 5.16 Å². The first-order valence-electron chi connectivity index (χ1n) is 7.36. The van der Waals surface area contributed by atoms with E-state index in [0.29, 0.717) is 0 Å². The van der Waals surface area contributed by atoms with Crippen LogP contribution in [0.2, 0.25) is 0 Å². The van der Waals surface area contributed by atoms with E-state index < -0.39 is 0 Å². The van der Waals surface area contributed by atoms with Gasteiger partial charge in [0.15, 0.2) is 0 Å². The summed E-state index contributed by atoms with van der Waals surface area (Å²) in [4.78, 5) is 8.06. The number of likely N-dealkylation sites (N-methyl/N-ethyl adjacent to an activating group) is 1. The molecule has 1 heterocycles. The van der Waals surface area contributed by atoms with E-state index in [1.165, 1.54) is 0 Å². The van der Waals surface area contributed by atoms with Gasteiger partial charge in [-0.2, -0.15) is 0 Å². The predicted molar refractivity (Wildman–Crippen MR) is 85.5 cm³/mol. The van der Waals surface area contributed by atoms with Crippen LogP contribution in [0.4, 0.5) is 0 Å². The third-order valence-electron chi connectivity index (χ3n) is 3.74. The van der Waals surface area contributed by atoms with Crippen molar-refractivity contribution in [1.82, 2.24) is 4.90 Å². The van der Waals surface area contributed by atoms with Crippen molar-refractivity contribution < 1.29 is 4.84 Å². The summed E-state index contributed by atoms with van der Waals surface area (Å²) in [5.74, 6) is 0. The summed E-state index contributed by atoms with van der Waals surface area (Å²) in [6, 6.07) is 20.4. The van der Waals surface area contributed by atoms with Crippen LogP contribution in [0.1, 0.15) is 17.5 Å². The topological polar surface area (TPSA) is 24.8 Å². The number of rotatable bonds is 4. The monoisotopic (exact) mass is 280 g/mol. The average molecular weight is 280 g/mol. The van der Waals surface area contributed by atoms with E-state index in [1.807, 2.05) is 36.4 Å². The van der Waals surface area contributed by atoms with Gasteiger partial charge in [0, 0.05) is 30.6 Å². The van der Waals surface area contributed by atoms with Crippen molar-refractivity contribution in [3.05, 3.63) is 71.8 Å². The first kappa shape index (κ1) is 13.8. The van der Waals surface area contributed by atoms with E-state index >= 15 is 0 Å². The molecule has 0 aromatic heterocycles. The first-order valence-corrected chi connectivity index (χ1v) is 7.36. The normalized spacial score (nSPS) is 18.4. The Morgan fingerprint density at radius 1 is 1.00 bits per heavy atom. The Hall–Kier alpha value is -2.13. The van der Waals surface area contributed by atoms with Gasteiger partial charge in [-0.15, -0.1) is 0 Å². The minimum atomic E-state index is 0.192. The van der Waals surface area contributed by atoms with Crippen molar-refractivity contribution in [2.75, 3.05) is 20.1 Å². The second kappa shape index (κ2) is 6.55. The summed E-state index contributed by atoms with van der Waals surface area (Å²) in [7, 11) is 2.11. The Balaban J connectivity index is 1.86. The molecule has 1 fully saturated rings. The minimum absolute atomic E-state index is 0.192. The Morgan fingerprint density at radius 3 is 2.05 bits per heavy atom. The highest BCUT2D eigenvalue weighted by Gasteiger charge is 2.21. The van der Waals surface area contributed by atoms with Crippen LogP contribution < -0.4 is 0 Å². The lowest BCUT2D eigenvalue weighted by Gasteiger charge is -2.11.